The molecular formula is C13H12BrFS. The topological polar surface area (TPSA) is 0 Å². The highest BCUT2D eigenvalue weighted by Gasteiger charge is 2.10. The summed E-state index contributed by atoms with van der Waals surface area (Å²) in [7, 11) is 0. The summed E-state index contributed by atoms with van der Waals surface area (Å²) in [6.07, 6.45) is 0.889. The van der Waals surface area contributed by atoms with Gasteiger partial charge in [0, 0.05) is 9.75 Å². The molecule has 0 fully saturated rings. The summed E-state index contributed by atoms with van der Waals surface area (Å²) in [5.74, 6) is -0.179. The Balaban J connectivity index is 2.07. The molecule has 3 heteroatoms. The number of hydrogen-bond donors (Lipinski definition) is 0. The van der Waals surface area contributed by atoms with Gasteiger partial charge in [0.25, 0.3) is 0 Å². The lowest BCUT2D eigenvalue weighted by molar-refractivity contribution is 0.627. The smallest absolute Gasteiger partial charge is 0.123 e. The van der Waals surface area contributed by atoms with Crippen molar-refractivity contribution in [3.05, 3.63) is 57.5 Å². The van der Waals surface area contributed by atoms with Gasteiger partial charge in [-0.3, -0.25) is 0 Å². The molecule has 0 amide bonds. The Hall–Kier alpha value is -0.670. The quantitative estimate of drug-likeness (QED) is 0.709. The van der Waals surface area contributed by atoms with Crippen molar-refractivity contribution in [3.8, 4) is 0 Å². The number of rotatable bonds is 3. The highest BCUT2D eigenvalue weighted by atomic mass is 79.9. The maximum absolute atomic E-state index is 12.7. The molecule has 0 aliphatic carbocycles. The van der Waals surface area contributed by atoms with Gasteiger partial charge in [0.05, 0.1) is 4.83 Å². The molecule has 0 nitrogen and oxygen atoms in total. The summed E-state index contributed by atoms with van der Waals surface area (Å²) in [6.45, 7) is 2.10. The summed E-state index contributed by atoms with van der Waals surface area (Å²) in [5.41, 5.74) is 1.15. The summed E-state index contributed by atoms with van der Waals surface area (Å²) in [6, 6.07) is 11.0. The predicted molar refractivity (Wildman–Crippen MR) is 70.8 cm³/mol. The Bertz CT molecular complexity index is 461. The largest absolute Gasteiger partial charge is 0.207 e. The van der Waals surface area contributed by atoms with Crippen molar-refractivity contribution in [1.29, 1.82) is 0 Å². The Labute approximate surface area is 107 Å². The van der Waals surface area contributed by atoms with Crippen LogP contribution in [0.15, 0.2) is 36.4 Å². The van der Waals surface area contributed by atoms with Crippen molar-refractivity contribution < 1.29 is 4.39 Å². The Morgan fingerprint density at radius 3 is 2.44 bits per heavy atom. The fourth-order valence-electron chi connectivity index (χ4n) is 1.55. The van der Waals surface area contributed by atoms with Crippen LogP contribution in [0.2, 0.25) is 0 Å². The number of thiophene rings is 1. The molecule has 1 unspecified atom stereocenters. The van der Waals surface area contributed by atoms with Crippen LogP contribution in [0.25, 0.3) is 0 Å². The molecule has 16 heavy (non-hydrogen) atoms. The van der Waals surface area contributed by atoms with Gasteiger partial charge in [-0.15, -0.1) is 11.3 Å². The van der Waals surface area contributed by atoms with E-state index < -0.39 is 0 Å². The molecule has 0 spiro atoms. The first-order valence-electron chi connectivity index (χ1n) is 5.10. The summed E-state index contributed by atoms with van der Waals surface area (Å²) in [5, 5.41) is 0. The molecule has 2 rings (SSSR count). The number of benzene rings is 1. The molecule has 0 N–H and O–H groups in total. The zero-order chi connectivity index (χ0) is 11.5. The van der Waals surface area contributed by atoms with Crippen LogP contribution >= 0.6 is 27.3 Å². The van der Waals surface area contributed by atoms with E-state index in [-0.39, 0.29) is 5.82 Å². The van der Waals surface area contributed by atoms with Crippen LogP contribution in [0.4, 0.5) is 4.39 Å². The highest BCUT2D eigenvalue weighted by Crippen LogP contribution is 2.32. The SMILES string of the molecule is Cc1ccc(C(Br)Cc2ccc(F)cc2)s1. The molecule has 1 heterocycles. The Morgan fingerprint density at radius 2 is 1.88 bits per heavy atom. The minimum atomic E-state index is -0.179. The summed E-state index contributed by atoms with van der Waals surface area (Å²) in [4.78, 5) is 2.96. The van der Waals surface area contributed by atoms with Crippen molar-refractivity contribution in [1.82, 2.24) is 0 Å². The second-order valence-corrected chi connectivity index (χ2v) is 6.17. The number of aryl methyl sites for hydroxylation is 1. The second-order valence-electron chi connectivity index (χ2n) is 3.75. The van der Waals surface area contributed by atoms with E-state index in [2.05, 4.69) is 35.0 Å². The van der Waals surface area contributed by atoms with Gasteiger partial charge in [-0.2, -0.15) is 0 Å². The number of halogens is 2. The van der Waals surface area contributed by atoms with E-state index >= 15 is 0 Å². The lowest BCUT2D eigenvalue weighted by atomic mass is 10.1. The van der Waals surface area contributed by atoms with E-state index in [0.717, 1.165) is 12.0 Å². The van der Waals surface area contributed by atoms with Crippen LogP contribution in [-0.2, 0) is 6.42 Å². The zero-order valence-electron chi connectivity index (χ0n) is 8.91. The van der Waals surface area contributed by atoms with Crippen LogP contribution in [0, 0.1) is 12.7 Å². The first-order valence-corrected chi connectivity index (χ1v) is 6.83. The molecular weight excluding hydrogens is 287 g/mol. The van der Waals surface area contributed by atoms with Crippen LogP contribution in [0.1, 0.15) is 20.1 Å². The molecule has 0 saturated heterocycles. The highest BCUT2D eigenvalue weighted by molar-refractivity contribution is 9.09. The van der Waals surface area contributed by atoms with Gasteiger partial charge >= 0.3 is 0 Å². The Morgan fingerprint density at radius 1 is 1.19 bits per heavy atom. The Kier molecular flexibility index (Phi) is 3.77. The lowest BCUT2D eigenvalue weighted by Gasteiger charge is -2.07. The average Bonchev–Trinajstić information content (AvgIpc) is 2.68. The van der Waals surface area contributed by atoms with Gasteiger partial charge in [0.1, 0.15) is 5.82 Å². The van der Waals surface area contributed by atoms with Gasteiger partial charge in [0.2, 0.25) is 0 Å². The van der Waals surface area contributed by atoms with E-state index in [1.807, 2.05) is 12.1 Å². The third-order valence-corrected chi connectivity index (χ3v) is 4.63. The molecule has 1 atom stereocenters. The maximum Gasteiger partial charge on any atom is 0.123 e. The molecule has 0 saturated carbocycles. The molecule has 0 aliphatic rings. The molecule has 1 aromatic carbocycles. The minimum Gasteiger partial charge on any atom is -0.207 e. The van der Waals surface area contributed by atoms with Crippen LogP contribution in [0.5, 0.6) is 0 Å². The van der Waals surface area contributed by atoms with Crippen LogP contribution in [0.3, 0.4) is 0 Å². The molecule has 0 radical (unpaired) electrons. The van der Waals surface area contributed by atoms with Crippen molar-refractivity contribution in [2.24, 2.45) is 0 Å². The number of hydrogen-bond acceptors (Lipinski definition) is 1. The van der Waals surface area contributed by atoms with Crippen molar-refractivity contribution in [2.75, 3.05) is 0 Å². The van der Waals surface area contributed by atoms with Gasteiger partial charge < -0.3 is 0 Å². The van der Waals surface area contributed by atoms with Crippen LogP contribution in [-0.4, -0.2) is 0 Å². The predicted octanol–water partition coefficient (Wildman–Crippen LogP) is 4.87. The monoisotopic (exact) mass is 298 g/mol. The average molecular weight is 299 g/mol. The fourth-order valence-corrected chi connectivity index (χ4v) is 3.21. The lowest BCUT2D eigenvalue weighted by Crippen LogP contribution is -1.92. The van der Waals surface area contributed by atoms with E-state index in [9.17, 15) is 4.39 Å². The standard InChI is InChI=1S/C13H12BrFS/c1-9-2-7-13(16-9)12(14)8-10-3-5-11(15)6-4-10/h2-7,12H,8H2,1H3. The van der Waals surface area contributed by atoms with Gasteiger partial charge in [-0.1, -0.05) is 28.1 Å². The van der Waals surface area contributed by atoms with E-state index in [1.54, 1.807) is 11.3 Å². The van der Waals surface area contributed by atoms with E-state index in [4.69, 9.17) is 0 Å². The normalized spacial score (nSPS) is 12.7. The summed E-state index contributed by atoms with van der Waals surface area (Å²) < 4.78 is 12.7. The van der Waals surface area contributed by atoms with Crippen molar-refractivity contribution in [2.45, 2.75) is 18.2 Å². The van der Waals surface area contributed by atoms with Gasteiger partial charge in [0.15, 0.2) is 0 Å². The molecule has 0 aliphatic heterocycles. The third kappa shape index (κ3) is 2.92. The first-order chi connectivity index (χ1) is 7.65. The minimum absolute atomic E-state index is 0.179. The van der Waals surface area contributed by atoms with Crippen molar-refractivity contribution in [3.63, 3.8) is 0 Å². The van der Waals surface area contributed by atoms with Gasteiger partial charge in [-0.25, -0.2) is 4.39 Å². The fraction of sp³-hybridized carbons (Fsp3) is 0.231. The van der Waals surface area contributed by atoms with E-state index in [1.165, 1.54) is 21.9 Å². The van der Waals surface area contributed by atoms with Crippen LogP contribution < -0.4 is 0 Å². The molecule has 84 valence electrons. The summed E-state index contributed by atoms with van der Waals surface area (Å²) >= 11 is 5.47. The molecule has 2 aromatic rings. The molecule has 0 bridgehead atoms. The van der Waals surface area contributed by atoms with Gasteiger partial charge in [-0.05, 0) is 43.2 Å². The zero-order valence-corrected chi connectivity index (χ0v) is 11.3. The first kappa shape index (κ1) is 11.8. The second kappa shape index (κ2) is 5.11. The maximum atomic E-state index is 12.7. The number of alkyl halides is 1. The third-order valence-electron chi connectivity index (χ3n) is 2.40. The molecule has 1 aromatic heterocycles. The van der Waals surface area contributed by atoms with E-state index in [0.29, 0.717) is 4.83 Å². The van der Waals surface area contributed by atoms with Crippen molar-refractivity contribution >= 4 is 27.3 Å².